The van der Waals surface area contributed by atoms with Crippen molar-refractivity contribution in [3.8, 4) is 23.0 Å². The van der Waals surface area contributed by atoms with Crippen molar-refractivity contribution in [2.75, 3.05) is 0 Å². The second-order valence-corrected chi connectivity index (χ2v) is 5.18. The summed E-state index contributed by atoms with van der Waals surface area (Å²) in [6.07, 6.45) is 0. The molecule has 2 heteroatoms. The Kier molecular flexibility index (Phi) is 6.44. The summed E-state index contributed by atoms with van der Waals surface area (Å²) in [6, 6.07) is 23.6. The van der Waals surface area contributed by atoms with Crippen LogP contribution in [0.4, 0.5) is 0 Å². The Morgan fingerprint density at radius 1 is 0.500 bits per heavy atom. The van der Waals surface area contributed by atoms with Gasteiger partial charge < -0.3 is 9.47 Å². The Balaban J connectivity index is 0.00000101. The van der Waals surface area contributed by atoms with Crippen LogP contribution in [0.25, 0.3) is 0 Å². The molecule has 0 aliphatic heterocycles. The molecule has 126 valence electrons. The molecule has 0 aromatic heterocycles. The zero-order valence-corrected chi connectivity index (χ0v) is 14.7. The molecule has 3 rings (SSSR count). The van der Waals surface area contributed by atoms with E-state index in [-0.39, 0.29) is 1.43 Å². The van der Waals surface area contributed by atoms with E-state index in [1.165, 1.54) is 0 Å². The van der Waals surface area contributed by atoms with Gasteiger partial charge in [-0.05, 0) is 49.2 Å². The van der Waals surface area contributed by atoms with Crippen LogP contribution in [0, 0.1) is 13.8 Å². The van der Waals surface area contributed by atoms with Gasteiger partial charge in [0.2, 0.25) is 0 Å². The second kappa shape index (κ2) is 8.78. The van der Waals surface area contributed by atoms with Gasteiger partial charge in [0, 0.05) is 1.43 Å². The maximum atomic E-state index is 6.03. The van der Waals surface area contributed by atoms with E-state index in [2.05, 4.69) is 0 Å². The summed E-state index contributed by atoms with van der Waals surface area (Å²) >= 11 is 0. The highest BCUT2D eigenvalue weighted by Gasteiger charge is 2.09. The normalized spacial score (nSPS) is 9.67. The maximum Gasteiger partial charge on any atom is 0.169 e. The van der Waals surface area contributed by atoms with Crippen molar-refractivity contribution in [3.63, 3.8) is 0 Å². The Morgan fingerprint density at radius 2 is 0.792 bits per heavy atom. The average molecular weight is 322 g/mol. The minimum Gasteiger partial charge on any atom is -0.453 e. The van der Waals surface area contributed by atoms with E-state index in [0.717, 1.165) is 22.6 Å². The first kappa shape index (κ1) is 17.6. The van der Waals surface area contributed by atoms with Gasteiger partial charge in [-0.25, -0.2) is 0 Å². The highest BCUT2D eigenvalue weighted by Crippen LogP contribution is 2.36. The fraction of sp³-hybridized carbons (Fsp3) is 0.182. The van der Waals surface area contributed by atoms with Gasteiger partial charge in [0.05, 0.1) is 0 Å². The molecule has 3 aromatic carbocycles. The van der Waals surface area contributed by atoms with Crippen LogP contribution in [0.3, 0.4) is 0 Å². The zero-order valence-electron chi connectivity index (χ0n) is 14.7. The molecular formula is C22H26O2. The first-order chi connectivity index (χ1) is 11.7. The summed E-state index contributed by atoms with van der Waals surface area (Å²) in [7, 11) is 0. The average Bonchev–Trinajstić information content (AvgIpc) is 2.62. The number of hydrogen-bond donors (Lipinski definition) is 0. The quantitative estimate of drug-likeness (QED) is 0.507. The van der Waals surface area contributed by atoms with Gasteiger partial charge in [-0.15, -0.1) is 0 Å². The highest BCUT2D eigenvalue weighted by atomic mass is 16.5. The molecule has 2 nitrogen and oxygen atoms in total. The second-order valence-electron chi connectivity index (χ2n) is 5.18. The lowest BCUT2D eigenvalue weighted by Gasteiger charge is -2.14. The summed E-state index contributed by atoms with van der Waals surface area (Å²) in [4.78, 5) is 0. The minimum atomic E-state index is 0. The third-order valence-electron chi connectivity index (χ3n) is 3.48. The Labute approximate surface area is 146 Å². The third kappa shape index (κ3) is 4.39. The van der Waals surface area contributed by atoms with Gasteiger partial charge in [-0.2, -0.15) is 0 Å². The topological polar surface area (TPSA) is 18.5 Å². The summed E-state index contributed by atoms with van der Waals surface area (Å²) in [5, 5.41) is 0. The van der Waals surface area contributed by atoms with Crippen LogP contribution in [-0.2, 0) is 0 Å². The number of benzene rings is 3. The van der Waals surface area contributed by atoms with Crippen LogP contribution in [-0.4, -0.2) is 0 Å². The number of hydrogen-bond acceptors (Lipinski definition) is 2. The molecule has 3 aromatic rings. The number of para-hydroxylation sites is 4. The molecule has 0 spiro atoms. The Hall–Kier alpha value is -2.74. The maximum absolute atomic E-state index is 6.03. The van der Waals surface area contributed by atoms with Gasteiger partial charge >= 0.3 is 0 Å². The Morgan fingerprint density at radius 3 is 1.12 bits per heavy atom. The van der Waals surface area contributed by atoms with Gasteiger partial charge in [0.1, 0.15) is 11.5 Å². The van der Waals surface area contributed by atoms with Crippen molar-refractivity contribution < 1.29 is 10.9 Å². The molecule has 0 N–H and O–H groups in total. The van der Waals surface area contributed by atoms with Crippen molar-refractivity contribution >= 4 is 0 Å². The van der Waals surface area contributed by atoms with Crippen molar-refractivity contribution in [1.82, 2.24) is 0 Å². The molecule has 0 atom stereocenters. The summed E-state index contributed by atoms with van der Waals surface area (Å²) in [5.41, 5.74) is 2.18. The van der Waals surface area contributed by atoms with Crippen LogP contribution >= 0.6 is 0 Å². The number of ether oxygens (including phenoxy) is 2. The van der Waals surface area contributed by atoms with Crippen LogP contribution < -0.4 is 9.47 Å². The summed E-state index contributed by atoms with van der Waals surface area (Å²) in [6.45, 7) is 8.06. The standard InChI is InChI=1S/C20H18O2.C2H6.H2/c1-15-9-3-5-11-17(15)21-19-13-7-8-14-20(19)22-18-12-6-4-10-16(18)2;1-2;/h3-14H,1-2H3;1-2H3;1H. The molecule has 0 unspecified atom stereocenters. The SMILES string of the molecule is CC.Cc1ccccc1Oc1ccccc1Oc1ccccc1C.[HH]. The lowest BCUT2D eigenvalue weighted by Crippen LogP contribution is -1.92. The van der Waals surface area contributed by atoms with Crippen molar-refractivity contribution in [1.29, 1.82) is 0 Å². The first-order valence-electron chi connectivity index (χ1n) is 8.30. The molecular weight excluding hydrogens is 296 g/mol. The van der Waals surface area contributed by atoms with E-state index in [4.69, 9.17) is 9.47 Å². The van der Waals surface area contributed by atoms with Crippen LogP contribution in [0.15, 0.2) is 72.8 Å². The minimum absolute atomic E-state index is 0. The van der Waals surface area contributed by atoms with E-state index in [1.54, 1.807) is 0 Å². The van der Waals surface area contributed by atoms with Crippen LogP contribution in [0.5, 0.6) is 23.0 Å². The van der Waals surface area contributed by atoms with Crippen molar-refractivity contribution in [2.45, 2.75) is 27.7 Å². The van der Waals surface area contributed by atoms with E-state index in [0.29, 0.717) is 11.5 Å². The molecule has 24 heavy (non-hydrogen) atoms. The number of aryl methyl sites for hydroxylation is 2. The molecule has 0 saturated heterocycles. The molecule has 0 radical (unpaired) electrons. The summed E-state index contributed by atoms with van der Waals surface area (Å²) in [5.74, 6) is 3.09. The first-order valence-corrected chi connectivity index (χ1v) is 8.30. The molecule has 0 heterocycles. The van der Waals surface area contributed by atoms with Crippen LogP contribution in [0.1, 0.15) is 26.4 Å². The smallest absolute Gasteiger partial charge is 0.169 e. The molecule has 0 saturated carbocycles. The molecule has 0 amide bonds. The molecule has 0 fully saturated rings. The largest absolute Gasteiger partial charge is 0.453 e. The van der Waals surface area contributed by atoms with Gasteiger partial charge in [-0.1, -0.05) is 62.4 Å². The van der Waals surface area contributed by atoms with E-state index < -0.39 is 0 Å². The van der Waals surface area contributed by atoms with E-state index in [1.807, 2.05) is 100 Å². The predicted octanol–water partition coefficient (Wildman–Crippen LogP) is 7.16. The highest BCUT2D eigenvalue weighted by molar-refractivity contribution is 5.47. The van der Waals surface area contributed by atoms with Crippen molar-refractivity contribution in [3.05, 3.63) is 83.9 Å². The third-order valence-corrected chi connectivity index (χ3v) is 3.48. The summed E-state index contributed by atoms with van der Waals surface area (Å²) < 4.78 is 12.1. The van der Waals surface area contributed by atoms with Crippen LogP contribution in [0.2, 0.25) is 0 Å². The molecule has 0 aliphatic carbocycles. The fourth-order valence-electron chi connectivity index (χ4n) is 2.20. The van der Waals surface area contributed by atoms with E-state index in [9.17, 15) is 0 Å². The van der Waals surface area contributed by atoms with Gasteiger partial charge in [0.15, 0.2) is 11.5 Å². The predicted molar refractivity (Wildman–Crippen MR) is 102 cm³/mol. The Bertz CT molecular complexity index is 718. The van der Waals surface area contributed by atoms with Crippen molar-refractivity contribution in [2.24, 2.45) is 0 Å². The molecule has 0 bridgehead atoms. The van der Waals surface area contributed by atoms with Gasteiger partial charge in [0.25, 0.3) is 0 Å². The molecule has 0 aliphatic rings. The lowest BCUT2D eigenvalue weighted by molar-refractivity contribution is 0.416. The van der Waals surface area contributed by atoms with E-state index >= 15 is 0 Å². The number of rotatable bonds is 4. The lowest BCUT2D eigenvalue weighted by atomic mass is 10.2. The van der Waals surface area contributed by atoms with Gasteiger partial charge in [-0.3, -0.25) is 0 Å². The fourth-order valence-corrected chi connectivity index (χ4v) is 2.20. The monoisotopic (exact) mass is 322 g/mol. The zero-order chi connectivity index (χ0) is 17.4.